The van der Waals surface area contributed by atoms with E-state index in [-0.39, 0.29) is 31.3 Å². The van der Waals surface area contributed by atoms with Crippen molar-refractivity contribution in [3.05, 3.63) is 35.9 Å². The summed E-state index contributed by atoms with van der Waals surface area (Å²) in [6, 6.07) is 9.36. The minimum atomic E-state index is -3.30. The molecule has 150 valence electrons. The maximum atomic E-state index is 13.4. The van der Waals surface area contributed by atoms with E-state index in [4.69, 9.17) is 5.11 Å². The lowest BCUT2D eigenvalue weighted by molar-refractivity contribution is -0.144. The van der Waals surface area contributed by atoms with Crippen LogP contribution in [0.3, 0.4) is 0 Å². The van der Waals surface area contributed by atoms with Gasteiger partial charge >= 0.3 is 5.97 Å². The van der Waals surface area contributed by atoms with E-state index >= 15 is 0 Å². The molecule has 1 aliphatic rings. The zero-order chi connectivity index (χ0) is 20.2. The van der Waals surface area contributed by atoms with Crippen LogP contribution in [0.25, 0.3) is 0 Å². The Morgan fingerprint density at radius 1 is 1.22 bits per heavy atom. The molecule has 1 fully saturated rings. The van der Waals surface area contributed by atoms with Crippen LogP contribution in [0.2, 0.25) is 0 Å². The molecule has 2 rings (SSSR count). The maximum Gasteiger partial charge on any atom is 0.308 e. The molecule has 8 heteroatoms. The number of aliphatic carboxylic acids is 1. The second-order valence-electron chi connectivity index (χ2n) is 7.17. The number of nitrogens with zero attached hydrogens (tertiary/aromatic N) is 2. The van der Waals surface area contributed by atoms with Gasteiger partial charge in [-0.2, -0.15) is 0 Å². The predicted octanol–water partition coefficient (Wildman–Crippen LogP) is 1.55. The molecule has 1 N–H and O–H groups in total. The highest BCUT2D eigenvalue weighted by Gasteiger charge is 2.46. The maximum absolute atomic E-state index is 13.4. The first-order valence-electron chi connectivity index (χ1n) is 9.16. The Morgan fingerprint density at radius 2 is 1.78 bits per heavy atom. The highest BCUT2D eigenvalue weighted by Crippen LogP contribution is 2.38. The number of likely N-dealkylation sites (N-methyl/N-ethyl adjacent to an activating group) is 1. The van der Waals surface area contributed by atoms with E-state index in [0.717, 1.165) is 5.56 Å². The number of benzene rings is 1. The number of carbonyl (C=O) groups excluding carboxylic acids is 1. The monoisotopic (exact) mass is 396 g/mol. The van der Waals surface area contributed by atoms with E-state index in [2.05, 4.69) is 0 Å². The normalized spacial score (nSPS) is 18.6. The molecule has 0 aliphatic carbocycles. The summed E-state index contributed by atoms with van der Waals surface area (Å²) in [6.07, 6.45) is 0.752. The van der Waals surface area contributed by atoms with Crippen LogP contribution in [0.4, 0.5) is 0 Å². The molecule has 27 heavy (non-hydrogen) atoms. The third kappa shape index (κ3) is 4.50. The van der Waals surface area contributed by atoms with Crippen LogP contribution in [0.1, 0.15) is 32.3 Å². The first-order valence-corrected chi connectivity index (χ1v) is 10.8. The molecule has 1 aliphatic heterocycles. The number of rotatable bonds is 7. The Kier molecular flexibility index (Phi) is 6.64. The quantitative estimate of drug-likeness (QED) is 0.754. The summed E-state index contributed by atoms with van der Waals surface area (Å²) in [5.41, 5.74) is 0.00643. The van der Waals surface area contributed by atoms with E-state index < -0.39 is 27.3 Å². The summed E-state index contributed by atoms with van der Waals surface area (Å²) in [5.74, 6) is -1.75. The Morgan fingerprint density at radius 3 is 2.26 bits per heavy atom. The number of sulfonamides is 1. The number of hydrogen-bond acceptors (Lipinski definition) is 4. The van der Waals surface area contributed by atoms with Crippen LogP contribution in [0.5, 0.6) is 0 Å². The average Bonchev–Trinajstić information content (AvgIpc) is 2.67. The minimum absolute atomic E-state index is 0.0370. The van der Waals surface area contributed by atoms with Gasteiger partial charge in [-0.1, -0.05) is 37.3 Å². The average molecular weight is 397 g/mol. The highest BCUT2D eigenvalue weighted by molar-refractivity contribution is 7.89. The molecular formula is C19H28N2O5S. The lowest BCUT2D eigenvalue weighted by Crippen LogP contribution is -2.54. The molecule has 0 bridgehead atoms. The zero-order valence-electron chi connectivity index (χ0n) is 16.1. The molecular weight excluding hydrogens is 368 g/mol. The number of carbonyl (C=O) groups is 2. The van der Waals surface area contributed by atoms with Gasteiger partial charge in [0.25, 0.3) is 0 Å². The van der Waals surface area contributed by atoms with Crippen LogP contribution < -0.4 is 0 Å². The van der Waals surface area contributed by atoms with Gasteiger partial charge in [0, 0.05) is 26.7 Å². The van der Waals surface area contributed by atoms with E-state index in [1.54, 1.807) is 20.9 Å². The predicted molar refractivity (Wildman–Crippen MR) is 103 cm³/mol. The van der Waals surface area contributed by atoms with Gasteiger partial charge < -0.3 is 10.0 Å². The van der Waals surface area contributed by atoms with E-state index in [1.807, 2.05) is 30.3 Å². The fraction of sp³-hybridized carbons (Fsp3) is 0.579. The van der Waals surface area contributed by atoms with Crippen molar-refractivity contribution in [2.45, 2.75) is 32.1 Å². The van der Waals surface area contributed by atoms with Crippen LogP contribution >= 0.6 is 0 Å². The fourth-order valence-corrected chi connectivity index (χ4v) is 4.75. The molecule has 0 spiro atoms. The van der Waals surface area contributed by atoms with Crippen molar-refractivity contribution in [2.75, 3.05) is 32.4 Å². The van der Waals surface area contributed by atoms with Crippen molar-refractivity contribution in [3.8, 4) is 0 Å². The standard InChI is InChI=1S/C19H28N2O5S/c1-4-27(25,26)21-12-10-19(11-13-21,16-8-6-5-7-9-16)18(24)20(3)14-15(2)17(22)23/h5-9,15H,4,10-14H2,1-3H3,(H,22,23). The lowest BCUT2D eigenvalue weighted by atomic mass is 9.72. The summed E-state index contributed by atoms with van der Waals surface area (Å²) >= 11 is 0. The van der Waals surface area contributed by atoms with Gasteiger partial charge in [-0.25, -0.2) is 12.7 Å². The lowest BCUT2D eigenvalue weighted by Gasteiger charge is -2.42. The molecule has 1 unspecified atom stereocenters. The molecule has 1 heterocycles. The van der Waals surface area contributed by atoms with Gasteiger partial charge in [-0.15, -0.1) is 0 Å². The van der Waals surface area contributed by atoms with E-state index in [1.165, 1.54) is 9.21 Å². The Hall–Kier alpha value is -1.93. The Labute approximate surface area is 161 Å². The molecule has 0 saturated carbocycles. The zero-order valence-corrected chi connectivity index (χ0v) is 16.9. The molecule has 1 aromatic carbocycles. The van der Waals surface area contributed by atoms with Crippen LogP contribution in [0, 0.1) is 5.92 Å². The van der Waals surface area contributed by atoms with Gasteiger partial charge in [0.05, 0.1) is 17.1 Å². The fourth-order valence-electron chi connectivity index (χ4n) is 3.65. The van der Waals surface area contributed by atoms with Gasteiger partial charge in [0.1, 0.15) is 0 Å². The molecule has 7 nitrogen and oxygen atoms in total. The molecule has 0 aromatic heterocycles. The third-order valence-corrected chi connectivity index (χ3v) is 7.27. The largest absolute Gasteiger partial charge is 0.481 e. The molecule has 0 radical (unpaired) electrons. The van der Waals surface area contributed by atoms with Crippen LogP contribution in [-0.4, -0.2) is 67.0 Å². The second kappa shape index (κ2) is 8.39. The third-order valence-electron chi connectivity index (χ3n) is 5.39. The molecule has 1 saturated heterocycles. The Bertz CT molecular complexity index is 771. The van der Waals surface area contributed by atoms with Gasteiger partial charge in [-0.3, -0.25) is 9.59 Å². The number of carboxylic acids is 1. The van der Waals surface area contributed by atoms with Gasteiger partial charge in [-0.05, 0) is 25.3 Å². The van der Waals surface area contributed by atoms with Crippen molar-refractivity contribution in [1.29, 1.82) is 0 Å². The van der Waals surface area contributed by atoms with Crippen LogP contribution in [-0.2, 0) is 25.0 Å². The summed E-state index contributed by atoms with van der Waals surface area (Å²) in [6.45, 7) is 3.84. The first-order chi connectivity index (χ1) is 12.6. The minimum Gasteiger partial charge on any atom is -0.481 e. The molecule has 1 amide bonds. The number of amides is 1. The molecule has 1 aromatic rings. The van der Waals surface area contributed by atoms with Gasteiger partial charge in [0.2, 0.25) is 15.9 Å². The second-order valence-corrected chi connectivity index (χ2v) is 9.43. The number of hydrogen-bond donors (Lipinski definition) is 1. The smallest absolute Gasteiger partial charge is 0.308 e. The van der Waals surface area contributed by atoms with E-state index in [0.29, 0.717) is 12.8 Å². The molecule has 1 atom stereocenters. The summed E-state index contributed by atoms with van der Waals surface area (Å²) in [7, 11) is -1.69. The number of piperidine rings is 1. The number of carboxylic acid groups (broad SMARTS) is 1. The summed E-state index contributed by atoms with van der Waals surface area (Å²) in [4.78, 5) is 26.0. The van der Waals surface area contributed by atoms with Crippen LogP contribution in [0.15, 0.2) is 30.3 Å². The SMILES string of the molecule is CCS(=O)(=O)N1CCC(C(=O)N(C)CC(C)C(=O)O)(c2ccccc2)CC1. The van der Waals surface area contributed by atoms with Crippen molar-refractivity contribution in [1.82, 2.24) is 9.21 Å². The van der Waals surface area contributed by atoms with Crippen molar-refractivity contribution in [3.63, 3.8) is 0 Å². The summed E-state index contributed by atoms with van der Waals surface area (Å²) < 4.78 is 25.8. The Balaban J connectivity index is 2.31. The summed E-state index contributed by atoms with van der Waals surface area (Å²) in [5, 5.41) is 9.14. The van der Waals surface area contributed by atoms with E-state index in [9.17, 15) is 18.0 Å². The highest BCUT2D eigenvalue weighted by atomic mass is 32.2. The van der Waals surface area contributed by atoms with Crippen molar-refractivity contribution >= 4 is 21.9 Å². The van der Waals surface area contributed by atoms with Gasteiger partial charge in [0.15, 0.2) is 0 Å². The van der Waals surface area contributed by atoms with Crippen molar-refractivity contribution in [2.24, 2.45) is 5.92 Å². The van der Waals surface area contributed by atoms with Crippen molar-refractivity contribution < 1.29 is 23.1 Å². The topological polar surface area (TPSA) is 95.0 Å². The first kappa shape index (κ1) is 21.4.